The Labute approximate surface area is 148 Å². The number of nitrogens with zero attached hydrogens (tertiary/aromatic N) is 2. The van der Waals surface area contributed by atoms with E-state index < -0.39 is 25.9 Å². The van der Waals surface area contributed by atoms with Crippen molar-refractivity contribution in [2.75, 3.05) is 35.8 Å². The first-order valence-corrected chi connectivity index (χ1v) is 11.9. The van der Waals surface area contributed by atoms with Crippen LogP contribution < -0.4 is 4.90 Å². The zero-order chi connectivity index (χ0) is 18.2. The van der Waals surface area contributed by atoms with Gasteiger partial charge in [-0.05, 0) is 30.9 Å². The number of amides is 1. The Bertz CT molecular complexity index is 880. The molecule has 7 nitrogen and oxygen atoms in total. The SMILES string of the molecule is CS(=O)(=O)N(CC(=O)N1CCCc2ccccc21)C1CCS(=O)(=O)C1. The molecule has 3 rings (SSSR count). The minimum Gasteiger partial charge on any atom is -0.311 e. The number of sulfone groups is 1. The molecule has 1 fully saturated rings. The molecule has 1 aromatic carbocycles. The van der Waals surface area contributed by atoms with Gasteiger partial charge >= 0.3 is 0 Å². The number of carbonyl (C=O) groups excluding carboxylic acids is 1. The number of fused-ring (bicyclic) bond motifs is 1. The van der Waals surface area contributed by atoms with Crippen molar-refractivity contribution in [3.05, 3.63) is 29.8 Å². The summed E-state index contributed by atoms with van der Waals surface area (Å²) in [6.45, 7) is 0.212. The largest absolute Gasteiger partial charge is 0.311 e. The monoisotopic (exact) mass is 386 g/mol. The molecule has 1 atom stereocenters. The molecule has 0 radical (unpaired) electrons. The maximum absolute atomic E-state index is 12.8. The van der Waals surface area contributed by atoms with Gasteiger partial charge in [-0.2, -0.15) is 4.31 Å². The highest BCUT2D eigenvalue weighted by molar-refractivity contribution is 7.92. The predicted octanol–water partition coefficient (Wildman–Crippen LogP) is 0.415. The molecule has 138 valence electrons. The number of para-hydroxylation sites is 1. The lowest BCUT2D eigenvalue weighted by Gasteiger charge is -2.32. The lowest BCUT2D eigenvalue weighted by molar-refractivity contribution is -0.119. The van der Waals surface area contributed by atoms with Gasteiger partial charge < -0.3 is 4.90 Å². The summed E-state index contributed by atoms with van der Waals surface area (Å²) in [5, 5.41) is 0. The van der Waals surface area contributed by atoms with Crippen molar-refractivity contribution in [1.29, 1.82) is 0 Å². The Hall–Kier alpha value is -1.45. The molecule has 2 aliphatic heterocycles. The molecule has 2 aliphatic rings. The molecule has 0 N–H and O–H groups in total. The maximum atomic E-state index is 12.8. The minimum absolute atomic E-state index is 0.0373. The minimum atomic E-state index is -3.69. The van der Waals surface area contributed by atoms with Gasteiger partial charge in [-0.25, -0.2) is 16.8 Å². The third-order valence-corrected chi connectivity index (χ3v) is 7.77. The van der Waals surface area contributed by atoms with Gasteiger partial charge in [0.25, 0.3) is 0 Å². The highest BCUT2D eigenvalue weighted by Gasteiger charge is 2.38. The van der Waals surface area contributed by atoms with Crippen LogP contribution >= 0.6 is 0 Å². The summed E-state index contributed by atoms with van der Waals surface area (Å²) in [6, 6.07) is 6.93. The lowest BCUT2D eigenvalue weighted by Crippen LogP contribution is -2.48. The van der Waals surface area contributed by atoms with Crippen molar-refractivity contribution < 1.29 is 21.6 Å². The average Bonchev–Trinajstić information content (AvgIpc) is 2.90. The van der Waals surface area contributed by atoms with E-state index in [9.17, 15) is 21.6 Å². The molecule has 1 amide bonds. The van der Waals surface area contributed by atoms with E-state index in [0.29, 0.717) is 6.54 Å². The number of rotatable bonds is 4. The Morgan fingerprint density at radius 3 is 2.68 bits per heavy atom. The van der Waals surface area contributed by atoms with Crippen LogP contribution in [0.15, 0.2) is 24.3 Å². The van der Waals surface area contributed by atoms with Crippen LogP contribution in [0.5, 0.6) is 0 Å². The van der Waals surface area contributed by atoms with Gasteiger partial charge in [0.05, 0.1) is 24.3 Å². The zero-order valence-electron chi connectivity index (χ0n) is 14.1. The first-order chi connectivity index (χ1) is 11.7. The molecule has 0 bridgehead atoms. The number of benzene rings is 1. The summed E-state index contributed by atoms with van der Waals surface area (Å²) >= 11 is 0. The predicted molar refractivity (Wildman–Crippen MR) is 95.7 cm³/mol. The molecule has 0 saturated carbocycles. The standard InChI is InChI=1S/C16H22N2O5S2/c1-24(20,21)18(14-8-10-25(22,23)12-14)11-16(19)17-9-4-6-13-5-2-3-7-15(13)17/h2-3,5,7,14H,4,6,8-12H2,1H3. The topological polar surface area (TPSA) is 91.8 Å². The number of carbonyl (C=O) groups is 1. The van der Waals surface area contributed by atoms with Crippen LogP contribution in [0.1, 0.15) is 18.4 Å². The van der Waals surface area contributed by atoms with Gasteiger partial charge in [0.2, 0.25) is 15.9 Å². The first-order valence-electron chi connectivity index (χ1n) is 8.23. The molecule has 9 heteroatoms. The van der Waals surface area contributed by atoms with Crippen molar-refractivity contribution in [3.8, 4) is 0 Å². The summed E-state index contributed by atoms with van der Waals surface area (Å²) in [5.41, 5.74) is 1.88. The van der Waals surface area contributed by atoms with E-state index in [2.05, 4.69) is 0 Å². The second-order valence-electron chi connectivity index (χ2n) is 6.64. The number of hydrogen-bond acceptors (Lipinski definition) is 5. The summed E-state index contributed by atoms with van der Waals surface area (Å²) in [4.78, 5) is 14.4. The molecule has 0 aliphatic carbocycles. The fourth-order valence-electron chi connectivity index (χ4n) is 3.53. The van der Waals surface area contributed by atoms with E-state index in [1.54, 1.807) is 4.90 Å². The van der Waals surface area contributed by atoms with Crippen molar-refractivity contribution in [2.24, 2.45) is 0 Å². The Kier molecular flexibility index (Phi) is 4.91. The van der Waals surface area contributed by atoms with Gasteiger partial charge in [-0.3, -0.25) is 4.79 Å². The quantitative estimate of drug-likeness (QED) is 0.748. The second kappa shape index (κ2) is 6.69. The second-order valence-corrected chi connectivity index (χ2v) is 10.8. The summed E-state index contributed by atoms with van der Waals surface area (Å²) < 4.78 is 48.8. The Morgan fingerprint density at radius 1 is 1.32 bits per heavy atom. The molecule has 25 heavy (non-hydrogen) atoms. The van der Waals surface area contributed by atoms with E-state index in [0.717, 1.165) is 34.7 Å². The fraction of sp³-hybridized carbons (Fsp3) is 0.562. The summed E-state index contributed by atoms with van der Waals surface area (Å²) in [7, 11) is -6.93. The van der Waals surface area contributed by atoms with E-state index >= 15 is 0 Å². The van der Waals surface area contributed by atoms with Crippen molar-refractivity contribution in [3.63, 3.8) is 0 Å². The summed E-state index contributed by atoms with van der Waals surface area (Å²) in [5.74, 6) is -0.573. The normalized spacial score (nSPS) is 22.8. The third-order valence-electron chi connectivity index (χ3n) is 4.74. The van der Waals surface area contributed by atoms with E-state index in [1.807, 2.05) is 24.3 Å². The Balaban J connectivity index is 1.83. The van der Waals surface area contributed by atoms with Crippen LogP contribution in [0.3, 0.4) is 0 Å². The van der Waals surface area contributed by atoms with Gasteiger partial charge in [-0.1, -0.05) is 18.2 Å². The zero-order valence-corrected chi connectivity index (χ0v) is 15.7. The first kappa shape index (κ1) is 18.3. The van der Waals surface area contributed by atoms with Gasteiger partial charge in [0.15, 0.2) is 9.84 Å². The Morgan fingerprint density at radius 2 is 2.04 bits per heavy atom. The molecule has 0 spiro atoms. The van der Waals surface area contributed by atoms with Gasteiger partial charge in [-0.15, -0.1) is 0 Å². The fourth-order valence-corrected chi connectivity index (χ4v) is 6.42. The highest BCUT2D eigenvalue weighted by atomic mass is 32.2. The number of sulfonamides is 1. The van der Waals surface area contributed by atoms with Gasteiger partial charge in [0.1, 0.15) is 0 Å². The molecule has 1 saturated heterocycles. The smallest absolute Gasteiger partial charge is 0.242 e. The van der Waals surface area contributed by atoms with Crippen LogP contribution in [0.4, 0.5) is 5.69 Å². The van der Waals surface area contributed by atoms with Crippen LogP contribution in [-0.4, -0.2) is 63.9 Å². The van der Waals surface area contributed by atoms with Gasteiger partial charge in [0, 0.05) is 18.3 Å². The molecular formula is C16H22N2O5S2. The average molecular weight is 386 g/mol. The third kappa shape index (κ3) is 4.04. The van der Waals surface area contributed by atoms with Crippen molar-refractivity contribution in [1.82, 2.24) is 4.31 Å². The van der Waals surface area contributed by atoms with Crippen LogP contribution in [0, 0.1) is 0 Å². The van der Waals surface area contributed by atoms with Crippen LogP contribution in [0.2, 0.25) is 0 Å². The molecule has 1 aromatic rings. The summed E-state index contributed by atoms with van der Waals surface area (Å²) in [6.07, 6.45) is 2.96. The van der Waals surface area contributed by atoms with Crippen molar-refractivity contribution in [2.45, 2.75) is 25.3 Å². The highest BCUT2D eigenvalue weighted by Crippen LogP contribution is 2.27. The molecule has 0 aromatic heterocycles. The molecular weight excluding hydrogens is 364 g/mol. The van der Waals surface area contributed by atoms with Crippen molar-refractivity contribution >= 4 is 31.5 Å². The van der Waals surface area contributed by atoms with E-state index in [1.165, 1.54) is 0 Å². The maximum Gasteiger partial charge on any atom is 0.242 e. The van der Waals surface area contributed by atoms with E-state index in [4.69, 9.17) is 0 Å². The van der Waals surface area contributed by atoms with Crippen LogP contribution in [0.25, 0.3) is 0 Å². The van der Waals surface area contributed by atoms with Crippen LogP contribution in [-0.2, 0) is 31.1 Å². The molecule has 1 unspecified atom stereocenters. The number of hydrogen-bond donors (Lipinski definition) is 0. The lowest BCUT2D eigenvalue weighted by atomic mass is 10.0. The number of aryl methyl sites for hydroxylation is 1. The number of anilines is 1. The van der Waals surface area contributed by atoms with E-state index in [-0.39, 0.29) is 30.4 Å². The molecule has 2 heterocycles.